The lowest BCUT2D eigenvalue weighted by Gasteiger charge is -2.11. The van der Waals surface area contributed by atoms with E-state index >= 15 is 0 Å². The smallest absolute Gasteiger partial charge is 0.291 e. The van der Waals surface area contributed by atoms with Crippen LogP contribution in [0.2, 0.25) is 5.02 Å². The fourth-order valence-corrected chi connectivity index (χ4v) is 3.51. The molecule has 1 heterocycles. The average Bonchev–Trinajstić information content (AvgIpc) is 3.12. The molecule has 1 aromatic heterocycles. The summed E-state index contributed by atoms with van der Waals surface area (Å²) >= 11 is 6.14. The van der Waals surface area contributed by atoms with E-state index in [0.717, 1.165) is 4.31 Å². The van der Waals surface area contributed by atoms with Crippen LogP contribution in [0.5, 0.6) is 0 Å². The van der Waals surface area contributed by atoms with Crippen LogP contribution in [-0.4, -0.2) is 32.7 Å². The van der Waals surface area contributed by atoms with E-state index in [1.165, 1.54) is 38.4 Å². The predicted molar refractivity (Wildman–Crippen MR) is 104 cm³/mol. The normalized spacial score (nSPS) is 11.6. The lowest BCUT2D eigenvalue weighted by Crippen LogP contribution is -2.22. The Morgan fingerprint density at radius 3 is 2.30 bits per heavy atom. The van der Waals surface area contributed by atoms with Gasteiger partial charge in [-0.3, -0.25) is 4.79 Å². The van der Waals surface area contributed by atoms with Crippen molar-refractivity contribution < 1.29 is 17.6 Å². The molecule has 0 fully saturated rings. The van der Waals surface area contributed by atoms with E-state index in [1.54, 1.807) is 24.3 Å². The van der Waals surface area contributed by atoms with Crippen LogP contribution in [-0.2, 0) is 10.0 Å². The van der Waals surface area contributed by atoms with Crippen LogP contribution in [0.4, 0.5) is 5.69 Å². The molecule has 0 atom stereocenters. The van der Waals surface area contributed by atoms with Crippen molar-refractivity contribution in [3.8, 4) is 11.3 Å². The Morgan fingerprint density at radius 1 is 1.00 bits per heavy atom. The third kappa shape index (κ3) is 4.05. The average molecular weight is 405 g/mol. The van der Waals surface area contributed by atoms with Gasteiger partial charge in [-0.1, -0.05) is 23.7 Å². The number of furan rings is 1. The summed E-state index contributed by atoms with van der Waals surface area (Å²) in [5.74, 6) is 0.157. The van der Waals surface area contributed by atoms with Gasteiger partial charge in [0.15, 0.2) is 5.76 Å². The summed E-state index contributed by atoms with van der Waals surface area (Å²) in [4.78, 5) is 12.5. The molecule has 0 saturated heterocycles. The van der Waals surface area contributed by atoms with Gasteiger partial charge in [-0.15, -0.1) is 0 Å². The molecule has 6 nitrogen and oxygen atoms in total. The van der Waals surface area contributed by atoms with E-state index in [4.69, 9.17) is 16.0 Å². The summed E-state index contributed by atoms with van der Waals surface area (Å²) in [5, 5.41) is 3.20. The number of sulfonamides is 1. The molecular weight excluding hydrogens is 388 g/mol. The summed E-state index contributed by atoms with van der Waals surface area (Å²) < 4.78 is 30.8. The quantitative estimate of drug-likeness (QED) is 0.694. The number of rotatable bonds is 5. The molecular formula is C19H17ClN2O4S. The zero-order chi connectivity index (χ0) is 19.6. The van der Waals surface area contributed by atoms with Gasteiger partial charge in [0.05, 0.1) is 9.92 Å². The highest BCUT2D eigenvalue weighted by molar-refractivity contribution is 7.89. The van der Waals surface area contributed by atoms with Crippen molar-refractivity contribution in [3.63, 3.8) is 0 Å². The SMILES string of the molecule is CN(C)S(=O)(=O)c1ccc(NC(=O)c2ccc(-c3ccccc3Cl)o2)cc1. The van der Waals surface area contributed by atoms with Crippen LogP contribution >= 0.6 is 11.6 Å². The van der Waals surface area contributed by atoms with E-state index < -0.39 is 15.9 Å². The number of hydrogen-bond acceptors (Lipinski definition) is 4. The number of amides is 1. The molecule has 0 bridgehead atoms. The van der Waals surface area contributed by atoms with Gasteiger partial charge in [0.2, 0.25) is 10.0 Å². The fourth-order valence-electron chi connectivity index (χ4n) is 2.38. The first-order valence-electron chi connectivity index (χ1n) is 7.98. The molecule has 0 aliphatic rings. The minimum Gasteiger partial charge on any atom is -0.451 e. The molecule has 0 aliphatic heterocycles. The fraction of sp³-hybridized carbons (Fsp3) is 0.105. The number of benzene rings is 2. The maximum atomic E-state index is 12.4. The molecule has 1 amide bonds. The minimum absolute atomic E-state index is 0.120. The highest BCUT2D eigenvalue weighted by Gasteiger charge is 2.18. The first kappa shape index (κ1) is 19.2. The van der Waals surface area contributed by atoms with Crippen molar-refractivity contribution in [1.82, 2.24) is 4.31 Å². The van der Waals surface area contributed by atoms with Crippen molar-refractivity contribution in [1.29, 1.82) is 0 Å². The topological polar surface area (TPSA) is 79.6 Å². The summed E-state index contributed by atoms with van der Waals surface area (Å²) in [6.45, 7) is 0. The largest absolute Gasteiger partial charge is 0.451 e. The molecule has 0 unspecified atom stereocenters. The van der Waals surface area contributed by atoms with Crippen molar-refractivity contribution in [2.45, 2.75) is 4.90 Å². The van der Waals surface area contributed by atoms with Gasteiger partial charge in [0, 0.05) is 25.3 Å². The number of nitrogens with one attached hydrogen (secondary N) is 1. The van der Waals surface area contributed by atoms with E-state index in [1.807, 2.05) is 12.1 Å². The summed E-state index contributed by atoms with van der Waals surface area (Å²) in [6, 6.07) is 16.3. The van der Waals surface area contributed by atoms with Crippen LogP contribution in [0.1, 0.15) is 10.6 Å². The molecule has 0 spiro atoms. The van der Waals surface area contributed by atoms with Crippen LogP contribution in [0.25, 0.3) is 11.3 Å². The molecule has 0 aliphatic carbocycles. The third-order valence-corrected chi connectivity index (χ3v) is 6.02. The lowest BCUT2D eigenvalue weighted by molar-refractivity contribution is 0.0997. The molecule has 3 rings (SSSR count). The minimum atomic E-state index is -3.52. The van der Waals surface area contributed by atoms with Gasteiger partial charge in [0.25, 0.3) is 5.91 Å². The van der Waals surface area contributed by atoms with Crippen molar-refractivity contribution in [2.24, 2.45) is 0 Å². The van der Waals surface area contributed by atoms with Gasteiger partial charge in [0.1, 0.15) is 5.76 Å². The molecule has 3 aromatic rings. The third-order valence-electron chi connectivity index (χ3n) is 3.86. The molecule has 0 saturated carbocycles. The maximum Gasteiger partial charge on any atom is 0.291 e. The zero-order valence-electron chi connectivity index (χ0n) is 14.6. The zero-order valence-corrected chi connectivity index (χ0v) is 16.2. The second-order valence-electron chi connectivity index (χ2n) is 5.91. The highest BCUT2D eigenvalue weighted by atomic mass is 35.5. The molecule has 2 aromatic carbocycles. The molecule has 140 valence electrons. The number of carbonyl (C=O) groups excluding carboxylic acids is 1. The van der Waals surface area contributed by atoms with Crippen molar-refractivity contribution in [3.05, 3.63) is 71.4 Å². The van der Waals surface area contributed by atoms with Gasteiger partial charge in [-0.05, 0) is 48.5 Å². The number of hydrogen-bond donors (Lipinski definition) is 1. The lowest BCUT2D eigenvalue weighted by atomic mass is 10.2. The Labute approximate surface area is 162 Å². The Kier molecular flexibility index (Phi) is 5.36. The van der Waals surface area contributed by atoms with Gasteiger partial charge >= 0.3 is 0 Å². The number of nitrogens with zero attached hydrogens (tertiary/aromatic N) is 1. The highest BCUT2D eigenvalue weighted by Crippen LogP contribution is 2.29. The second-order valence-corrected chi connectivity index (χ2v) is 8.47. The van der Waals surface area contributed by atoms with Crippen LogP contribution in [0.15, 0.2) is 70.0 Å². The second kappa shape index (κ2) is 7.56. The van der Waals surface area contributed by atoms with Crippen LogP contribution in [0.3, 0.4) is 0 Å². The number of carbonyl (C=O) groups is 1. The molecule has 0 radical (unpaired) electrons. The predicted octanol–water partition coefficient (Wildman–Crippen LogP) is 4.10. The summed E-state index contributed by atoms with van der Waals surface area (Å²) in [5.41, 5.74) is 1.14. The summed E-state index contributed by atoms with van der Waals surface area (Å²) in [7, 11) is -0.602. The first-order valence-corrected chi connectivity index (χ1v) is 9.79. The van der Waals surface area contributed by atoms with Crippen molar-refractivity contribution >= 4 is 33.2 Å². The summed E-state index contributed by atoms with van der Waals surface area (Å²) in [6.07, 6.45) is 0. The standard InChI is InChI=1S/C19H17ClN2O4S/c1-22(2)27(24,25)14-9-7-13(8-10-14)21-19(23)18-12-11-17(26-18)15-5-3-4-6-16(15)20/h3-12H,1-2H3,(H,21,23). The maximum absolute atomic E-state index is 12.4. The molecule has 1 N–H and O–H groups in total. The first-order chi connectivity index (χ1) is 12.8. The Balaban J connectivity index is 1.76. The van der Waals surface area contributed by atoms with E-state index in [0.29, 0.717) is 22.0 Å². The van der Waals surface area contributed by atoms with Gasteiger partial charge in [-0.25, -0.2) is 12.7 Å². The Bertz CT molecular complexity index is 1070. The number of anilines is 1. The van der Waals surface area contributed by atoms with Gasteiger partial charge < -0.3 is 9.73 Å². The van der Waals surface area contributed by atoms with E-state index in [9.17, 15) is 13.2 Å². The molecule has 8 heteroatoms. The van der Waals surface area contributed by atoms with Crippen LogP contribution < -0.4 is 5.32 Å². The molecule has 27 heavy (non-hydrogen) atoms. The monoisotopic (exact) mass is 404 g/mol. The van der Waals surface area contributed by atoms with Crippen molar-refractivity contribution in [2.75, 3.05) is 19.4 Å². The Morgan fingerprint density at radius 2 is 1.67 bits per heavy atom. The van der Waals surface area contributed by atoms with Crippen LogP contribution in [0, 0.1) is 0 Å². The van der Waals surface area contributed by atoms with Gasteiger partial charge in [-0.2, -0.15) is 0 Å². The van der Waals surface area contributed by atoms with E-state index in [-0.39, 0.29) is 10.7 Å². The number of halogens is 1. The van der Waals surface area contributed by atoms with E-state index in [2.05, 4.69) is 5.32 Å². The Hall–Kier alpha value is -2.61.